The first kappa shape index (κ1) is 17.7. The van der Waals surface area contributed by atoms with Crippen molar-refractivity contribution in [3.05, 3.63) is 23.9 Å². The highest BCUT2D eigenvalue weighted by Crippen LogP contribution is 2.38. The molecule has 1 N–H and O–H groups in total. The third kappa shape index (κ3) is 3.76. The highest BCUT2D eigenvalue weighted by atomic mass is 16.5. The van der Waals surface area contributed by atoms with E-state index in [-0.39, 0.29) is 18.1 Å². The van der Waals surface area contributed by atoms with E-state index in [0.717, 1.165) is 31.7 Å². The van der Waals surface area contributed by atoms with Crippen LogP contribution in [0, 0.1) is 11.8 Å². The molecule has 2 aliphatic rings. The van der Waals surface area contributed by atoms with Crippen molar-refractivity contribution in [2.75, 3.05) is 32.2 Å². The fourth-order valence-corrected chi connectivity index (χ4v) is 4.09. The summed E-state index contributed by atoms with van der Waals surface area (Å²) < 4.78 is 10.4. The SMILES string of the molecule is COC(=O)c1cccc(N2C[C@H]3C[C@@H](NC(C)=O)[C@H](OC)C[C@H]3C2)n1. The molecule has 1 amide bonds. The molecule has 4 atom stereocenters. The van der Waals surface area contributed by atoms with E-state index in [2.05, 4.69) is 15.2 Å². The van der Waals surface area contributed by atoms with E-state index in [0.29, 0.717) is 17.5 Å². The maximum atomic E-state index is 11.7. The molecule has 0 radical (unpaired) electrons. The summed E-state index contributed by atoms with van der Waals surface area (Å²) in [5.74, 6) is 1.32. The number of nitrogens with one attached hydrogen (secondary N) is 1. The number of carbonyl (C=O) groups is 2. The molecule has 1 aliphatic carbocycles. The highest BCUT2D eigenvalue weighted by Gasteiger charge is 2.43. The van der Waals surface area contributed by atoms with Gasteiger partial charge < -0.3 is 19.7 Å². The molecule has 1 saturated carbocycles. The summed E-state index contributed by atoms with van der Waals surface area (Å²) in [4.78, 5) is 29.8. The maximum absolute atomic E-state index is 11.7. The van der Waals surface area contributed by atoms with Crippen molar-refractivity contribution >= 4 is 17.7 Å². The minimum Gasteiger partial charge on any atom is -0.464 e. The van der Waals surface area contributed by atoms with Gasteiger partial charge >= 0.3 is 5.97 Å². The summed E-state index contributed by atoms with van der Waals surface area (Å²) in [6, 6.07) is 5.46. The third-order valence-electron chi connectivity index (χ3n) is 5.26. The van der Waals surface area contributed by atoms with E-state index in [4.69, 9.17) is 9.47 Å². The predicted octanol–water partition coefficient (Wildman–Crippen LogP) is 1.23. The molecule has 1 aliphatic heterocycles. The fourth-order valence-electron chi connectivity index (χ4n) is 4.09. The van der Waals surface area contributed by atoms with Crippen LogP contribution in [0.25, 0.3) is 0 Å². The normalized spacial score (nSPS) is 28.4. The number of amides is 1. The van der Waals surface area contributed by atoms with Gasteiger partial charge in [0.2, 0.25) is 5.91 Å². The number of nitrogens with zero attached hydrogens (tertiary/aromatic N) is 2. The van der Waals surface area contributed by atoms with Gasteiger partial charge in [-0.25, -0.2) is 9.78 Å². The second kappa shape index (κ2) is 7.39. The zero-order chi connectivity index (χ0) is 18.0. The summed E-state index contributed by atoms with van der Waals surface area (Å²) in [6.45, 7) is 3.30. The van der Waals surface area contributed by atoms with Crippen LogP contribution < -0.4 is 10.2 Å². The van der Waals surface area contributed by atoms with Crippen LogP contribution in [0.1, 0.15) is 30.3 Å². The van der Waals surface area contributed by atoms with Gasteiger partial charge in [0.25, 0.3) is 0 Å². The van der Waals surface area contributed by atoms with Gasteiger partial charge in [0, 0.05) is 27.1 Å². The minimum atomic E-state index is -0.427. The largest absolute Gasteiger partial charge is 0.464 e. The van der Waals surface area contributed by atoms with E-state index in [1.807, 2.05) is 12.1 Å². The Morgan fingerprint density at radius 2 is 1.92 bits per heavy atom. The first-order valence-corrected chi connectivity index (χ1v) is 8.62. The number of methoxy groups -OCH3 is 2. The zero-order valence-corrected chi connectivity index (χ0v) is 14.9. The molecule has 1 saturated heterocycles. The van der Waals surface area contributed by atoms with E-state index >= 15 is 0 Å². The van der Waals surface area contributed by atoms with E-state index in [9.17, 15) is 9.59 Å². The van der Waals surface area contributed by atoms with Gasteiger partial charge in [-0.05, 0) is 36.8 Å². The van der Waals surface area contributed by atoms with Crippen molar-refractivity contribution in [1.29, 1.82) is 0 Å². The number of fused-ring (bicyclic) bond motifs is 1. The van der Waals surface area contributed by atoms with Crippen LogP contribution in [0.2, 0.25) is 0 Å². The smallest absolute Gasteiger partial charge is 0.356 e. The Balaban J connectivity index is 1.73. The number of hydrogen-bond acceptors (Lipinski definition) is 6. The van der Waals surface area contributed by atoms with Crippen molar-refractivity contribution in [3.63, 3.8) is 0 Å². The molecule has 2 fully saturated rings. The number of anilines is 1. The summed E-state index contributed by atoms with van der Waals surface area (Å²) in [5, 5.41) is 3.02. The van der Waals surface area contributed by atoms with Gasteiger partial charge in [-0.1, -0.05) is 6.07 Å². The van der Waals surface area contributed by atoms with Gasteiger partial charge in [-0.3, -0.25) is 4.79 Å². The van der Waals surface area contributed by atoms with Gasteiger partial charge in [0.05, 0.1) is 19.3 Å². The second-order valence-corrected chi connectivity index (χ2v) is 6.85. The fraction of sp³-hybridized carbons (Fsp3) is 0.611. The zero-order valence-electron chi connectivity index (χ0n) is 14.9. The number of carbonyl (C=O) groups excluding carboxylic acids is 2. The molecular weight excluding hydrogens is 322 g/mol. The van der Waals surface area contributed by atoms with Crippen molar-refractivity contribution < 1.29 is 19.1 Å². The predicted molar refractivity (Wildman–Crippen MR) is 92.4 cm³/mol. The lowest BCUT2D eigenvalue weighted by Gasteiger charge is -2.37. The van der Waals surface area contributed by atoms with Crippen molar-refractivity contribution in [2.45, 2.75) is 31.9 Å². The molecule has 7 heteroatoms. The molecular formula is C18H25N3O4. The topological polar surface area (TPSA) is 80.8 Å². The number of aromatic nitrogens is 1. The molecule has 3 rings (SSSR count). The lowest BCUT2D eigenvalue weighted by atomic mass is 9.77. The van der Waals surface area contributed by atoms with Crippen LogP contribution in [0.5, 0.6) is 0 Å². The van der Waals surface area contributed by atoms with Crippen LogP contribution in [0.3, 0.4) is 0 Å². The molecule has 1 aromatic rings. The molecule has 136 valence electrons. The van der Waals surface area contributed by atoms with E-state index in [1.54, 1.807) is 20.1 Å². The second-order valence-electron chi connectivity index (χ2n) is 6.85. The quantitative estimate of drug-likeness (QED) is 0.825. The van der Waals surface area contributed by atoms with Crippen LogP contribution in [0.15, 0.2) is 18.2 Å². The molecule has 0 spiro atoms. The number of ether oxygens (including phenoxy) is 2. The van der Waals surface area contributed by atoms with Crippen LogP contribution in [0.4, 0.5) is 5.82 Å². The maximum Gasteiger partial charge on any atom is 0.356 e. The van der Waals surface area contributed by atoms with Crippen molar-refractivity contribution in [3.8, 4) is 0 Å². The summed E-state index contributed by atoms with van der Waals surface area (Å²) in [5.41, 5.74) is 0.320. The first-order valence-electron chi connectivity index (χ1n) is 8.62. The third-order valence-corrected chi connectivity index (χ3v) is 5.26. The Kier molecular flexibility index (Phi) is 5.22. The standard InChI is InChI=1S/C18H25N3O4/c1-11(22)19-15-7-12-9-21(10-13(12)8-16(15)24-2)17-6-4-5-14(20-17)18(23)25-3/h4-6,12-13,15-16H,7-10H2,1-3H3,(H,19,22)/t12-,13+,15-,16-/m1/s1. The molecule has 25 heavy (non-hydrogen) atoms. The average Bonchev–Trinajstić information content (AvgIpc) is 3.02. The lowest BCUT2D eigenvalue weighted by molar-refractivity contribution is -0.121. The van der Waals surface area contributed by atoms with Crippen molar-refractivity contribution in [2.24, 2.45) is 11.8 Å². The monoisotopic (exact) mass is 347 g/mol. The van der Waals surface area contributed by atoms with E-state index in [1.165, 1.54) is 7.11 Å². The average molecular weight is 347 g/mol. The molecule has 7 nitrogen and oxygen atoms in total. The Morgan fingerprint density at radius 1 is 1.20 bits per heavy atom. The molecule has 2 heterocycles. The Morgan fingerprint density at radius 3 is 2.56 bits per heavy atom. The summed E-state index contributed by atoms with van der Waals surface area (Å²) in [7, 11) is 3.06. The summed E-state index contributed by atoms with van der Waals surface area (Å²) >= 11 is 0. The van der Waals surface area contributed by atoms with Gasteiger partial charge in [-0.2, -0.15) is 0 Å². The van der Waals surface area contributed by atoms with Gasteiger partial charge in [0.1, 0.15) is 5.82 Å². The number of esters is 1. The van der Waals surface area contributed by atoms with Crippen LogP contribution in [-0.2, 0) is 14.3 Å². The molecule has 0 unspecified atom stereocenters. The molecule has 0 bridgehead atoms. The van der Waals surface area contributed by atoms with E-state index < -0.39 is 5.97 Å². The highest BCUT2D eigenvalue weighted by molar-refractivity contribution is 5.87. The number of pyridine rings is 1. The minimum absolute atomic E-state index is 0.0206. The number of hydrogen-bond donors (Lipinski definition) is 1. The molecule has 0 aromatic carbocycles. The van der Waals surface area contributed by atoms with Crippen LogP contribution in [-0.4, -0.2) is 56.3 Å². The van der Waals surface area contributed by atoms with Crippen molar-refractivity contribution in [1.82, 2.24) is 10.3 Å². The number of rotatable bonds is 4. The Hall–Kier alpha value is -2.15. The summed E-state index contributed by atoms with van der Waals surface area (Å²) in [6.07, 6.45) is 1.86. The first-order chi connectivity index (χ1) is 12.0. The van der Waals surface area contributed by atoms with Gasteiger partial charge in [-0.15, -0.1) is 0 Å². The van der Waals surface area contributed by atoms with Gasteiger partial charge in [0.15, 0.2) is 5.69 Å². The molecule has 1 aromatic heterocycles. The Bertz CT molecular complexity index is 651. The Labute approximate surface area is 147 Å². The van der Waals surface area contributed by atoms with Crippen LogP contribution >= 0.6 is 0 Å². The lowest BCUT2D eigenvalue weighted by Crippen LogP contribution is -2.49.